The Bertz CT molecular complexity index is 1050. The van der Waals surface area contributed by atoms with E-state index in [1.807, 2.05) is 0 Å². The van der Waals surface area contributed by atoms with E-state index in [2.05, 4.69) is 10.4 Å². The number of alkyl halides is 4. The van der Waals surface area contributed by atoms with Crippen molar-refractivity contribution in [2.75, 3.05) is 5.32 Å². The van der Waals surface area contributed by atoms with Crippen LogP contribution in [0.25, 0.3) is 11.1 Å². The fourth-order valence-electron chi connectivity index (χ4n) is 2.48. The maximum atomic E-state index is 13.5. The van der Waals surface area contributed by atoms with Crippen molar-refractivity contribution in [1.82, 2.24) is 9.78 Å². The zero-order valence-electron chi connectivity index (χ0n) is 14.1. The van der Waals surface area contributed by atoms with Crippen LogP contribution in [0.3, 0.4) is 0 Å². The smallest absolute Gasteiger partial charge is 0.305 e. The van der Waals surface area contributed by atoms with Gasteiger partial charge >= 0.3 is 12.2 Å². The minimum atomic E-state index is -4.95. The van der Waals surface area contributed by atoms with E-state index in [-0.39, 0.29) is 21.5 Å². The quantitative estimate of drug-likeness (QED) is 0.463. The van der Waals surface area contributed by atoms with Crippen LogP contribution in [-0.4, -0.2) is 15.8 Å². The summed E-state index contributed by atoms with van der Waals surface area (Å²) in [4.78, 5) is 12.3. The molecule has 0 aliphatic rings. The first-order valence-corrected chi connectivity index (χ1v) is 7.81. The summed E-state index contributed by atoms with van der Waals surface area (Å²) in [5.41, 5.74) is -2.56. The highest BCUT2D eigenvalue weighted by atomic mass is 19.4. The van der Waals surface area contributed by atoms with Crippen molar-refractivity contribution in [3.8, 4) is 11.1 Å². The Kier molecular flexibility index (Phi) is 5.31. The molecule has 1 amide bonds. The van der Waals surface area contributed by atoms with Gasteiger partial charge in [-0.05, 0) is 23.8 Å². The molecule has 1 N–H and O–H groups in total. The Morgan fingerprint density at radius 3 is 2.31 bits per heavy atom. The fourth-order valence-corrected chi connectivity index (χ4v) is 2.48. The lowest BCUT2D eigenvalue weighted by molar-refractivity contribution is -0.141. The van der Waals surface area contributed by atoms with E-state index < -0.39 is 47.7 Å². The van der Waals surface area contributed by atoms with E-state index in [9.17, 15) is 35.5 Å². The molecule has 0 unspecified atom stereocenters. The van der Waals surface area contributed by atoms with Crippen molar-refractivity contribution >= 4 is 11.7 Å². The van der Waals surface area contributed by atoms with Crippen LogP contribution >= 0.6 is 0 Å². The molecule has 1 heterocycles. The van der Waals surface area contributed by atoms with Gasteiger partial charge in [0.1, 0.15) is 6.67 Å². The third-order valence-electron chi connectivity index (χ3n) is 3.77. The summed E-state index contributed by atoms with van der Waals surface area (Å²) in [6.45, 7) is -1.45. The number of aromatic nitrogens is 2. The van der Waals surface area contributed by atoms with Crippen LogP contribution in [0.4, 0.5) is 41.2 Å². The lowest BCUT2D eigenvalue weighted by atomic mass is 10.0. The van der Waals surface area contributed by atoms with Gasteiger partial charge in [0.25, 0.3) is 0 Å². The third kappa shape index (κ3) is 4.08. The summed E-state index contributed by atoms with van der Waals surface area (Å²) in [7, 11) is 0. The average Bonchev–Trinajstić information content (AvgIpc) is 3.11. The van der Waals surface area contributed by atoms with Crippen molar-refractivity contribution in [3.63, 3.8) is 0 Å². The number of nitrogens with zero attached hydrogens (tertiary/aromatic N) is 2. The number of carbonyl (C=O) groups is 1. The summed E-state index contributed by atoms with van der Waals surface area (Å²) in [5.74, 6) is -4.63. The van der Waals surface area contributed by atoms with Gasteiger partial charge in [-0.15, -0.1) is 0 Å². The summed E-state index contributed by atoms with van der Waals surface area (Å²) >= 11 is 0. The molecule has 0 fully saturated rings. The molecule has 0 aliphatic carbocycles. The van der Waals surface area contributed by atoms with Crippen molar-refractivity contribution in [3.05, 3.63) is 71.3 Å². The molecule has 151 valence electrons. The Balaban J connectivity index is 1.99. The SMILES string of the molecule is O=C(Nc1ccccc1-c1cc(F)c(F)c(F)c1)n1nc(C(F)(F)F)[c]c1CF. The minimum Gasteiger partial charge on any atom is -0.305 e. The second-order valence-corrected chi connectivity index (χ2v) is 5.69. The largest absolute Gasteiger partial charge is 0.435 e. The van der Waals surface area contributed by atoms with Crippen LogP contribution in [-0.2, 0) is 12.9 Å². The van der Waals surface area contributed by atoms with Gasteiger partial charge in [0.05, 0.1) is 11.4 Å². The van der Waals surface area contributed by atoms with Gasteiger partial charge in [-0.3, -0.25) is 0 Å². The number of rotatable bonds is 3. The standard InChI is InChI=1S/C18H9F7N3O/c19-8-10-7-15(18(23,24)25)27-28(10)17(29)26-14-4-2-1-3-11(14)9-5-12(20)16(22)13(21)6-9/h1-6H,8H2,(H,26,29). The average molecular weight is 416 g/mol. The zero-order valence-corrected chi connectivity index (χ0v) is 14.1. The zero-order chi connectivity index (χ0) is 21.3. The van der Waals surface area contributed by atoms with Crippen molar-refractivity contribution in [2.24, 2.45) is 0 Å². The van der Waals surface area contributed by atoms with Crippen LogP contribution in [0, 0.1) is 23.5 Å². The molecule has 29 heavy (non-hydrogen) atoms. The maximum Gasteiger partial charge on any atom is 0.435 e. The number of halogens is 7. The van der Waals surface area contributed by atoms with Crippen LogP contribution < -0.4 is 5.32 Å². The Labute approximate surface area is 158 Å². The first-order valence-electron chi connectivity index (χ1n) is 7.81. The van der Waals surface area contributed by atoms with Gasteiger partial charge in [-0.2, -0.15) is 23.0 Å². The van der Waals surface area contributed by atoms with Crippen molar-refractivity contribution in [2.45, 2.75) is 12.9 Å². The molecule has 0 atom stereocenters. The van der Waals surface area contributed by atoms with Crippen LogP contribution in [0.1, 0.15) is 11.4 Å². The van der Waals surface area contributed by atoms with Gasteiger partial charge in [-0.1, -0.05) is 18.2 Å². The van der Waals surface area contributed by atoms with Gasteiger partial charge in [0, 0.05) is 11.6 Å². The minimum absolute atomic E-state index is 0.0348. The molecule has 0 bridgehead atoms. The normalized spacial score (nSPS) is 11.6. The molecule has 1 radical (unpaired) electrons. The molecule has 0 aliphatic heterocycles. The Morgan fingerprint density at radius 1 is 1.10 bits per heavy atom. The summed E-state index contributed by atoms with van der Waals surface area (Å²) in [5, 5.41) is 5.19. The summed E-state index contributed by atoms with van der Waals surface area (Å²) < 4.78 is 91.6. The second kappa shape index (κ2) is 7.57. The summed E-state index contributed by atoms with van der Waals surface area (Å²) in [6, 6.07) is 7.22. The predicted molar refractivity (Wildman–Crippen MR) is 87.0 cm³/mol. The molecule has 0 saturated heterocycles. The van der Waals surface area contributed by atoms with E-state index in [0.717, 1.165) is 0 Å². The lowest BCUT2D eigenvalue weighted by Crippen LogP contribution is -2.23. The first kappa shape index (κ1) is 20.4. The van der Waals surface area contributed by atoms with E-state index in [1.54, 1.807) is 6.07 Å². The van der Waals surface area contributed by atoms with Crippen LogP contribution in [0.5, 0.6) is 0 Å². The van der Waals surface area contributed by atoms with E-state index in [1.165, 1.54) is 24.3 Å². The number of benzene rings is 2. The Hall–Kier alpha value is -3.37. The fraction of sp³-hybridized carbons (Fsp3) is 0.111. The Morgan fingerprint density at radius 2 is 1.72 bits per heavy atom. The van der Waals surface area contributed by atoms with Crippen molar-refractivity contribution in [1.29, 1.82) is 0 Å². The number of nitrogens with one attached hydrogen (secondary N) is 1. The van der Waals surface area contributed by atoms with E-state index in [4.69, 9.17) is 0 Å². The van der Waals surface area contributed by atoms with E-state index >= 15 is 0 Å². The highest BCUT2D eigenvalue weighted by Crippen LogP contribution is 2.31. The second-order valence-electron chi connectivity index (χ2n) is 5.69. The number of carbonyl (C=O) groups excluding carboxylic acids is 1. The highest BCUT2D eigenvalue weighted by Gasteiger charge is 2.36. The molecule has 3 rings (SSSR count). The van der Waals surface area contributed by atoms with Gasteiger partial charge in [0.15, 0.2) is 23.1 Å². The number of hydrogen-bond donors (Lipinski definition) is 1. The molecular formula is C18H9F7N3O. The highest BCUT2D eigenvalue weighted by molar-refractivity contribution is 5.95. The molecule has 11 heteroatoms. The number of amides is 1. The predicted octanol–water partition coefficient (Wildman–Crippen LogP) is 5.34. The van der Waals surface area contributed by atoms with Gasteiger partial charge in [0.2, 0.25) is 0 Å². The molecule has 3 aromatic rings. The van der Waals surface area contributed by atoms with Gasteiger partial charge < -0.3 is 5.32 Å². The molecule has 0 saturated carbocycles. The van der Waals surface area contributed by atoms with E-state index in [0.29, 0.717) is 12.1 Å². The lowest BCUT2D eigenvalue weighted by Gasteiger charge is -2.12. The van der Waals surface area contributed by atoms with Crippen molar-refractivity contribution < 1.29 is 35.5 Å². The molecular weight excluding hydrogens is 407 g/mol. The maximum absolute atomic E-state index is 13.5. The molecule has 4 nitrogen and oxygen atoms in total. The van der Waals surface area contributed by atoms with Crippen LogP contribution in [0.2, 0.25) is 0 Å². The molecule has 2 aromatic carbocycles. The first-order chi connectivity index (χ1) is 13.6. The molecule has 1 aromatic heterocycles. The third-order valence-corrected chi connectivity index (χ3v) is 3.77. The topological polar surface area (TPSA) is 46.9 Å². The number of para-hydroxylation sites is 1. The molecule has 0 spiro atoms. The number of hydrogen-bond acceptors (Lipinski definition) is 2. The van der Waals surface area contributed by atoms with Crippen LogP contribution in [0.15, 0.2) is 36.4 Å². The number of anilines is 1. The van der Waals surface area contributed by atoms with Gasteiger partial charge in [-0.25, -0.2) is 22.4 Å². The monoisotopic (exact) mass is 416 g/mol. The summed E-state index contributed by atoms with van der Waals surface area (Å²) in [6.07, 6.45) is -4.95.